The van der Waals surface area contributed by atoms with Crippen LogP contribution in [0, 0.1) is 0 Å². The summed E-state index contributed by atoms with van der Waals surface area (Å²) >= 11 is 0. The molecule has 1 fully saturated rings. The number of benzene rings is 1. The number of nitrogens with zero attached hydrogens (tertiary/aromatic N) is 3. The molecule has 5 atom stereocenters. The van der Waals surface area contributed by atoms with Crippen LogP contribution < -0.4 is 0 Å². The van der Waals surface area contributed by atoms with Gasteiger partial charge in [0.2, 0.25) is 0 Å². The molecule has 4 N–H and O–H groups in total. The molecule has 2 heterocycles. The van der Waals surface area contributed by atoms with Crippen molar-refractivity contribution in [2.45, 2.75) is 37.3 Å². The zero-order valence-corrected chi connectivity index (χ0v) is 13.6. The number of aromatic nitrogens is 3. The van der Waals surface area contributed by atoms with E-state index in [0.717, 1.165) is 10.2 Å². The van der Waals surface area contributed by atoms with Crippen molar-refractivity contribution in [1.82, 2.24) is 15.0 Å². The molecule has 2 aromatic rings. The van der Waals surface area contributed by atoms with Crippen LogP contribution in [0.5, 0.6) is 0 Å². The molecule has 0 aliphatic carbocycles. The predicted octanol–water partition coefficient (Wildman–Crippen LogP) is -1.39. The van der Waals surface area contributed by atoms with Crippen LogP contribution >= 0.6 is 0 Å². The lowest BCUT2D eigenvalue weighted by atomic mass is 9.96. The Balaban J connectivity index is 1.70. The predicted molar refractivity (Wildman–Crippen MR) is 84.6 cm³/mol. The third kappa shape index (κ3) is 3.74. The summed E-state index contributed by atoms with van der Waals surface area (Å²) in [5.74, 6) is -0.726. The molecule has 3 unspecified atom stereocenters. The van der Waals surface area contributed by atoms with Gasteiger partial charge in [0.25, 0.3) is 0 Å². The van der Waals surface area contributed by atoms with E-state index >= 15 is 0 Å². The molecule has 0 saturated carbocycles. The van der Waals surface area contributed by atoms with Gasteiger partial charge in [-0.15, -0.1) is 5.10 Å². The first kappa shape index (κ1) is 18.4. The summed E-state index contributed by atoms with van der Waals surface area (Å²) in [7, 11) is 0. The Kier molecular flexibility index (Phi) is 5.59. The van der Waals surface area contributed by atoms with E-state index in [1.807, 2.05) is 18.2 Å². The Morgan fingerprint density at radius 3 is 2.62 bits per heavy atom. The van der Waals surface area contributed by atoms with Crippen LogP contribution in [0.25, 0.3) is 0 Å². The second kappa shape index (κ2) is 7.89. The van der Waals surface area contributed by atoms with E-state index < -0.39 is 43.2 Å². The molecule has 10 nitrogen and oxygen atoms in total. The lowest BCUT2D eigenvalue weighted by Gasteiger charge is -2.39. The zero-order chi connectivity index (χ0) is 18.7. The monoisotopic (exact) mass is 365 g/mol. The molecule has 10 heteroatoms. The zero-order valence-electron chi connectivity index (χ0n) is 13.6. The summed E-state index contributed by atoms with van der Waals surface area (Å²) in [5.41, 5.74) is 0.680. The van der Waals surface area contributed by atoms with Crippen molar-refractivity contribution in [2.24, 2.45) is 0 Å². The van der Waals surface area contributed by atoms with Crippen molar-refractivity contribution in [3.05, 3.63) is 47.8 Å². The van der Waals surface area contributed by atoms with Crippen LogP contribution in [0.15, 0.2) is 36.5 Å². The number of hydrogen-bond acceptors (Lipinski definition) is 9. The molecule has 1 aliphatic rings. The summed E-state index contributed by atoms with van der Waals surface area (Å²) in [5, 5.41) is 46.6. The Bertz CT molecular complexity index is 738. The van der Waals surface area contributed by atoms with E-state index in [2.05, 4.69) is 10.3 Å². The second-order valence-electron chi connectivity index (χ2n) is 5.86. The first-order valence-corrected chi connectivity index (χ1v) is 7.94. The largest absolute Gasteiger partial charge is 0.456 e. The average Bonchev–Trinajstić information content (AvgIpc) is 3.13. The van der Waals surface area contributed by atoms with Crippen LogP contribution in [0.2, 0.25) is 0 Å². The van der Waals surface area contributed by atoms with Gasteiger partial charge < -0.3 is 29.9 Å². The highest BCUT2D eigenvalue weighted by Gasteiger charge is 2.45. The lowest BCUT2D eigenvalue weighted by molar-refractivity contribution is -0.270. The number of carbonyl (C=O) groups excluding carboxylic acids is 1. The Morgan fingerprint density at radius 1 is 1.19 bits per heavy atom. The number of aliphatic hydroxyl groups is 4. The van der Waals surface area contributed by atoms with Crippen molar-refractivity contribution >= 4 is 5.97 Å². The summed E-state index contributed by atoms with van der Waals surface area (Å²) < 4.78 is 11.1. The Hall–Kier alpha value is -2.37. The maximum atomic E-state index is 12.1. The highest BCUT2D eigenvalue weighted by Crippen LogP contribution is 2.28. The molecular formula is C16H19N3O7. The molecule has 1 saturated heterocycles. The molecule has 1 aromatic heterocycles. The minimum atomic E-state index is -1.63. The highest BCUT2D eigenvalue weighted by atomic mass is 16.6. The second-order valence-corrected chi connectivity index (χ2v) is 5.86. The molecule has 1 aromatic carbocycles. The van der Waals surface area contributed by atoms with Gasteiger partial charge in [0, 0.05) is 0 Å². The van der Waals surface area contributed by atoms with E-state index in [1.165, 1.54) is 6.20 Å². The van der Waals surface area contributed by atoms with Crippen molar-refractivity contribution in [1.29, 1.82) is 0 Å². The maximum Gasteiger partial charge on any atom is 0.360 e. The SMILES string of the molecule is O=C(OCc1ccccc1)c1cn(C2C(O)[C@H](O)OC(CO)[C@@H]2O)nn1. The minimum Gasteiger partial charge on any atom is -0.456 e. The standard InChI is InChI=1S/C16H19N3O7/c20-7-11-13(21)12(14(22)16(24)26-11)19-6-10(17-18-19)15(23)25-8-9-4-2-1-3-5-9/h1-6,11-14,16,20-22,24H,7-8H2/t11?,12?,13-,14?,16+/m0/s1. The van der Waals surface area contributed by atoms with Crippen LogP contribution in [-0.4, -0.2) is 72.6 Å². The van der Waals surface area contributed by atoms with Crippen molar-refractivity contribution in [2.75, 3.05) is 6.61 Å². The van der Waals surface area contributed by atoms with Gasteiger partial charge in [0.1, 0.15) is 31.0 Å². The molecule has 0 spiro atoms. The number of hydrogen-bond donors (Lipinski definition) is 4. The van der Waals surface area contributed by atoms with Crippen LogP contribution in [0.3, 0.4) is 0 Å². The van der Waals surface area contributed by atoms with Gasteiger partial charge in [-0.05, 0) is 5.56 Å². The van der Waals surface area contributed by atoms with Gasteiger partial charge in [-0.25, -0.2) is 9.48 Å². The summed E-state index contributed by atoms with van der Waals surface area (Å²) in [4.78, 5) is 12.1. The number of ether oxygens (including phenoxy) is 2. The fourth-order valence-electron chi connectivity index (χ4n) is 2.71. The number of carbonyl (C=O) groups is 1. The normalized spacial score (nSPS) is 28.7. The van der Waals surface area contributed by atoms with Crippen LogP contribution in [0.4, 0.5) is 0 Å². The fourth-order valence-corrected chi connectivity index (χ4v) is 2.71. The Labute approximate surface area is 148 Å². The molecule has 3 rings (SSSR count). The van der Waals surface area contributed by atoms with Crippen LogP contribution in [-0.2, 0) is 16.1 Å². The topological polar surface area (TPSA) is 147 Å². The number of rotatable bonds is 5. The molecule has 1 aliphatic heterocycles. The van der Waals surface area contributed by atoms with Gasteiger partial charge in [-0.3, -0.25) is 0 Å². The average molecular weight is 365 g/mol. The van der Waals surface area contributed by atoms with Crippen molar-refractivity contribution in [3.8, 4) is 0 Å². The first-order chi connectivity index (χ1) is 12.5. The fraction of sp³-hybridized carbons (Fsp3) is 0.438. The summed E-state index contributed by atoms with van der Waals surface area (Å²) in [6.07, 6.45) is -4.44. The third-order valence-corrected chi connectivity index (χ3v) is 4.10. The maximum absolute atomic E-state index is 12.1. The number of esters is 1. The highest BCUT2D eigenvalue weighted by molar-refractivity contribution is 5.86. The van der Waals surface area contributed by atoms with Crippen LogP contribution in [0.1, 0.15) is 22.1 Å². The molecule has 26 heavy (non-hydrogen) atoms. The van der Waals surface area contributed by atoms with Crippen molar-refractivity contribution < 1.29 is 34.7 Å². The van der Waals surface area contributed by atoms with Gasteiger partial charge in [0.15, 0.2) is 12.0 Å². The van der Waals surface area contributed by atoms with Gasteiger partial charge >= 0.3 is 5.97 Å². The van der Waals surface area contributed by atoms with E-state index in [1.54, 1.807) is 12.1 Å². The van der Waals surface area contributed by atoms with E-state index in [9.17, 15) is 25.2 Å². The van der Waals surface area contributed by atoms with E-state index in [4.69, 9.17) is 9.47 Å². The van der Waals surface area contributed by atoms with E-state index in [-0.39, 0.29) is 12.3 Å². The summed E-state index contributed by atoms with van der Waals surface area (Å²) in [6.45, 7) is -0.511. The molecule has 140 valence electrons. The molecule has 0 bridgehead atoms. The lowest BCUT2D eigenvalue weighted by Crippen LogP contribution is -2.55. The Morgan fingerprint density at radius 2 is 1.92 bits per heavy atom. The van der Waals surface area contributed by atoms with Gasteiger partial charge in [-0.1, -0.05) is 35.5 Å². The quantitative estimate of drug-likeness (QED) is 0.470. The summed E-state index contributed by atoms with van der Waals surface area (Å²) in [6, 6.07) is 7.92. The molecule has 0 amide bonds. The van der Waals surface area contributed by atoms with Gasteiger partial charge in [0.05, 0.1) is 12.8 Å². The van der Waals surface area contributed by atoms with Crippen molar-refractivity contribution in [3.63, 3.8) is 0 Å². The molecular weight excluding hydrogens is 346 g/mol. The van der Waals surface area contributed by atoms with Gasteiger partial charge in [-0.2, -0.15) is 0 Å². The first-order valence-electron chi connectivity index (χ1n) is 7.94. The van der Waals surface area contributed by atoms with E-state index in [0.29, 0.717) is 0 Å². The minimum absolute atomic E-state index is 0.0559. The number of aliphatic hydroxyl groups excluding tert-OH is 4. The molecule has 0 radical (unpaired) electrons. The smallest absolute Gasteiger partial charge is 0.360 e. The third-order valence-electron chi connectivity index (χ3n) is 4.10.